The largest absolute Gasteiger partial charge is 0.340 e. The maximum absolute atomic E-state index is 12.8. The SMILES string of the molecule is O=C(Cn1c(=O)cnc2ccccc21)N1CCC[C@@H](c2ccn[nH]2)C1. The number of likely N-dealkylation sites (tertiary alicyclic amines) is 1. The van der Waals surface area contributed by atoms with Crippen molar-refractivity contribution in [2.24, 2.45) is 0 Å². The standard InChI is InChI=1S/C18H19N5O2/c24-17-10-19-15-5-1-2-6-16(15)23(17)12-18(25)22-9-3-4-13(11-22)14-7-8-20-21-14/h1-2,5-8,10,13H,3-4,9,11-12H2,(H,20,21)/t13-/m1/s1. The van der Waals surface area contributed by atoms with Gasteiger partial charge >= 0.3 is 0 Å². The molecule has 0 saturated carbocycles. The highest BCUT2D eigenvalue weighted by atomic mass is 16.2. The lowest BCUT2D eigenvalue weighted by Gasteiger charge is -2.32. The number of aromatic amines is 1. The molecule has 0 unspecified atom stereocenters. The number of rotatable bonds is 3. The maximum Gasteiger partial charge on any atom is 0.269 e. The van der Waals surface area contributed by atoms with Gasteiger partial charge in [-0.1, -0.05) is 12.1 Å². The molecule has 1 fully saturated rings. The van der Waals surface area contributed by atoms with E-state index in [0.29, 0.717) is 17.6 Å². The first-order valence-corrected chi connectivity index (χ1v) is 8.44. The van der Waals surface area contributed by atoms with Gasteiger partial charge in [-0.05, 0) is 31.0 Å². The Labute approximate surface area is 144 Å². The zero-order valence-electron chi connectivity index (χ0n) is 13.8. The van der Waals surface area contributed by atoms with E-state index in [-0.39, 0.29) is 23.9 Å². The van der Waals surface area contributed by atoms with Gasteiger partial charge in [0.1, 0.15) is 6.54 Å². The molecule has 25 heavy (non-hydrogen) atoms. The first-order chi connectivity index (χ1) is 12.2. The van der Waals surface area contributed by atoms with Gasteiger partial charge in [-0.25, -0.2) is 4.98 Å². The molecule has 4 rings (SSSR count). The third-order valence-corrected chi connectivity index (χ3v) is 4.78. The van der Waals surface area contributed by atoms with Gasteiger partial charge in [0.05, 0.1) is 17.2 Å². The van der Waals surface area contributed by atoms with Gasteiger partial charge in [0, 0.05) is 30.9 Å². The molecular formula is C18H19N5O2. The topological polar surface area (TPSA) is 83.9 Å². The molecule has 1 aromatic carbocycles. The van der Waals surface area contributed by atoms with Crippen LogP contribution in [0, 0.1) is 0 Å². The summed E-state index contributed by atoms with van der Waals surface area (Å²) >= 11 is 0. The highest BCUT2D eigenvalue weighted by Crippen LogP contribution is 2.25. The fourth-order valence-electron chi connectivity index (χ4n) is 3.46. The highest BCUT2D eigenvalue weighted by Gasteiger charge is 2.26. The number of amides is 1. The second-order valence-electron chi connectivity index (χ2n) is 6.36. The van der Waals surface area contributed by atoms with Gasteiger partial charge < -0.3 is 4.90 Å². The van der Waals surface area contributed by atoms with Crippen LogP contribution in [0.3, 0.4) is 0 Å². The van der Waals surface area contributed by atoms with Crippen LogP contribution in [0.2, 0.25) is 0 Å². The van der Waals surface area contributed by atoms with Crippen LogP contribution in [-0.4, -0.2) is 43.6 Å². The summed E-state index contributed by atoms with van der Waals surface area (Å²) in [6.07, 6.45) is 4.99. The molecule has 1 atom stereocenters. The zero-order chi connectivity index (χ0) is 17.2. The molecule has 0 bridgehead atoms. The van der Waals surface area contributed by atoms with E-state index in [1.807, 2.05) is 35.2 Å². The number of carbonyl (C=O) groups is 1. The van der Waals surface area contributed by atoms with E-state index in [9.17, 15) is 9.59 Å². The molecule has 0 spiro atoms. The number of hydrogen-bond donors (Lipinski definition) is 1. The van der Waals surface area contributed by atoms with Crippen molar-refractivity contribution >= 4 is 16.9 Å². The van der Waals surface area contributed by atoms with Gasteiger partial charge in [-0.2, -0.15) is 5.10 Å². The van der Waals surface area contributed by atoms with Crippen LogP contribution < -0.4 is 5.56 Å². The number of aromatic nitrogens is 4. The van der Waals surface area contributed by atoms with E-state index in [2.05, 4.69) is 15.2 Å². The van der Waals surface area contributed by atoms with Crippen molar-refractivity contribution in [1.82, 2.24) is 24.6 Å². The predicted molar refractivity (Wildman–Crippen MR) is 93.1 cm³/mol. The quantitative estimate of drug-likeness (QED) is 0.785. The summed E-state index contributed by atoms with van der Waals surface area (Å²) in [5.74, 6) is 0.230. The number of benzene rings is 1. The number of nitrogens with zero attached hydrogens (tertiary/aromatic N) is 4. The highest BCUT2D eigenvalue weighted by molar-refractivity contribution is 5.80. The normalized spacial score (nSPS) is 17.8. The Kier molecular flexibility index (Phi) is 4.05. The van der Waals surface area contributed by atoms with Crippen LogP contribution in [0.1, 0.15) is 24.5 Å². The number of H-pyrrole nitrogens is 1. The predicted octanol–water partition coefficient (Wildman–Crippen LogP) is 1.53. The molecule has 1 saturated heterocycles. The average molecular weight is 337 g/mol. The van der Waals surface area contributed by atoms with E-state index in [1.165, 1.54) is 10.8 Å². The van der Waals surface area contributed by atoms with Gasteiger partial charge in [0.25, 0.3) is 5.56 Å². The van der Waals surface area contributed by atoms with Crippen LogP contribution >= 0.6 is 0 Å². The molecule has 2 aromatic heterocycles. The van der Waals surface area contributed by atoms with E-state index < -0.39 is 0 Å². The molecule has 7 heteroatoms. The van der Waals surface area contributed by atoms with Gasteiger partial charge in [-0.15, -0.1) is 0 Å². The molecule has 1 amide bonds. The van der Waals surface area contributed by atoms with Crippen molar-refractivity contribution < 1.29 is 4.79 Å². The Hall–Kier alpha value is -2.96. The zero-order valence-corrected chi connectivity index (χ0v) is 13.8. The molecule has 1 N–H and O–H groups in total. The monoisotopic (exact) mass is 337 g/mol. The molecule has 128 valence electrons. The second kappa shape index (κ2) is 6.51. The second-order valence-corrected chi connectivity index (χ2v) is 6.36. The van der Waals surface area contributed by atoms with Crippen LogP contribution in [0.25, 0.3) is 11.0 Å². The molecule has 7 nitrogen and oxygen atoms in total. The lowest BCUT2D eigenvalue weighted by Crippen LogP contribution is -2.42. The van der Waals surface area contributed by atoms with Crippen molar-refractivity contribution in [3.05, 3.63) is 58.8 Å². The van der Waals surface area contributed by atoms with Gasteiger partial charge in [-0.3, -0.25) is 19.3 Å². The lowest BCUT2D eigenvalue weighted by atomic mass is 9.95. The number of carbonyl (C=O) groups excluding carboxylic acids is 1. The Morgan fingerprint density at radius 2 is 2.16 bits per heavy atom. The molecular weight excluding hydrogens is 318 g/mol. The van der Waals surface area contributed by atoms with Crippen LogP contribution in [-0.2, 0) is 11.3 Å². The van der Waals surface area contributed by atoms with Crippen molar-refractivity contribution in [1.29, 1.82) is 0 Å². The smallest absolute Gasteiger partial charge is 0.269 e. The molecule has 3 heterocycles. The van der Waals surface area contributed by atoms with E-state index in [4.69, 9.17) is 0 Å². The summed E-state index contributed by atoms with van der Waals surface area (Å²) in [7, 11) is 0. The van der Waals surface area contributed by atoms with Gasteiger partial charge in [0.15, 0.2) is 0 Å². The molecule has 0 aliphatic carbocycles. The fraction of sp³-hybridized carbons (Fsp3) is 0.333. The van der Waals surface area contributed by atoms with Gasteiger partial charge in [0.2, 0.25) is 5.91 Å². The summed E-state index contributed by atoms with van der Waals surface area (Å²) in [6.45, 7) is 1.41. The first-order valence-electron chi connectivity index (χ1n) is 8.44. The van der Waals surface area contributed by atoms with Crippen LogP contribution in [0.5, 0.6) is 0 Å². The lowest BCUT2D eigenvalue weighted by molar-refractivity contribution is -0.133. The summed E-state index contributed by atoms with van der Waals surface area (Å²) in [4.78, 5) is 31.0. The first kappa shape index (κ1) is 15.6. The Morgan fingerprint density at radius 3 is 3.00 bits per heavy atom. The maximum atomic E-state index is 12.8. The molecule has 1 aliphatic heterocycles. The fourth-order valence-corrected chi connectivity index (χ4v) is 3.46. The Morgan fingerprint density at radius 1 is 1.28 bits per heavy atom. The Bertz CT molecular complexity index is 948. The number of piperidine rings is 1. The Balaban J connectivity index is 1.56. The minimum Gasteiger partial charge on any atom is -0.340 e. The number of para-hydroxylation sites is 2. The van der Waals surface area contributed by atoms with Crippen LogP contribution in [0.4, 0.5) is 0 Å². The van der Waals surface area contributed by atoms with Crippen LogP contribution in [0.15, 0.2) is 47.5 Å². The average Bonchev–Trinajstić information content (AvgIpc) is 3.19. The molecule has 1 aliphatic rings. The number of nitrogens with one attached hydrogen (secondary N) is 1. The van der Waals surface area contributed by atoms with Crippen molar-refractivity contribution in [2.45, 2.75) is 25.3 Å². The molecule has 0 radical (unpaired) electrons. The van der Waals surface area contributed by atoms with E-state index in [1.54, 1.807) is 6.20 Å². The third kappa shape index (κ3) is 3.05. The summed E-state index contributed by atoms with van der Waals surface area (Å²) in [5.41, 5.74) is 2.20. The minimum atomic E-state index is -0.255. The summed E-state index contributed by atoms with van der Waals surface area (Å²) < 4.78 is 1.50. The summed E-state index contributed by atoms with van der Waals surface area (Å²) in [5, 5.41) is 7.00. The minimum absolute atomic E-state index is 0.0392. The van der Waals surface area contributed by atoms with Crippen molar-refractivity contribution in [3.63, 3.8) is 0 Å². The van der Waals surface area contributed by atoms with E-state index in [0.717, 1.165) is 25.1 Å². The molecule has 3 aromatic rings. The van der Waals surface area contributed by atoms with Crippen molar-refractivity contribution in [3.8, 4) is 0 Å². The number of fused-ring (bicyclic) bond motifs is 1. The number of hydrogen-bond acceptors (Lipinski definition) is 4. The summed E-state index contributed by atoms with van der Waals surface area (Å²) in [6, 6.07) is 9.33. The van der Waals surface area contributed by atoms with Crippen molar-refractivity contribution in [2.75, 3.05) is 13.1 Å². The van der Waals surface area contributed by atoms with E-state index >= 15 is 0 Å². The third-order valence-electron chi connectivity index (χ3n) is 4.78.